The number of ether oxygens (including phenoxy) is 1. The van der Waals surface area contributed by atoms with Crippen LogP contribution in [0.5, 0.6) is 5.75 Å². The number of amides is 2. The van der Waals surface area contributed by atoms with Gasteiger partial charge in [0, 0.05) is 38.6 Å². The number of nitrogens with zero attached hydrogens (tertiary/aromatic N) is 4. The Morgan fingerprint density at radius 2 is 1.88 bits per heavy atom. The number of benzene rings is 1. The molecule has 0 N–H and O–H groups in total. The third-order valence-corrected chi connectivity index (χ3v) is 4.19. The quantitative estimate of drug-likeness (QED) is 0.830. The van der Waals surface area contributed by atoms with Crippen molar-refractivity contribution in [2.75, 3.05) is 33.3 Å². The lowest BCUT2D eigenvalue weighted by Gasteiger charge is -2.34. The number of piperazine rings is 1. The van der Waals surface area contributed by atoms with Gasteiger partial charge in [-0.3, -0.25) is 14.6 Å². The van der Waals surface area contributed by atoms with E-state index in [0.717, 1.165) is 11.3 Å². The average Bonchev–Trinajstić information content (AvgIpc) is 2.68. The Hall–Kier alpha value is -2.96. The molecular weight excluding hydrogens is 320 g/mol. The average molecular weight is 340 g/mol. The van der Waals surface area contributed by atoms with E-state index in [-0.39, 0.29) is 11.8 Å². The number of methoxy groups -OCH3 is 1. The van der Waals surface area contributed by atoms with E-state index in [9.17, 15) is 9.59 Å². The van der Waals surface area contributed by atoms with Gasteiger partial charge in [-0.1, -0.05) is 12.1 Å². The van der Waals surface area contributed by atoms with Crippen molar-refractivity contribution in [1.29, 1.82) is 0 Å². The number of aromatic nitrogens is 2. The molecule has 7 nitrogen and oxygen atoms in total. The van der Waals surface area contributed by atoms with Crippen molar-refractivity contribution >= 4 is 11.8 Å². The van der Waals surface area contributed by atoms with Crippen molar-refractivity contribution in [1.82, 2.24) is 19.8 Å². The second-order valence-corrected chi connectivity index (χ2v) is 5.79. The molecule has 0 spiro atoms. The summed E-state index contributed by atoms with van der Waals surface area (Å²) >= 11 is 0. The van der Waals surface area contributed by atoms with Crippen molar-refractivity contribution < 1.29 is 14.3 Å². The van der Waals surface area contributed by atoms with Crippen LogP contribution in [0.15, 0.2) is 42.9 Å². The summed E-state index contributed by atoms with van der Waals surface area (Å²) in [6.07, 6.45) is 4.82. The third-order valence-electron chi connectivity index (χ3n) is 4.19. The van der Waals surface area contributed by atoms with Gasteiger partial charge in [-0.25, -0.2) is 4.98 Å². The first-order valence-electron chi connectivity index (χ1n) is 8.13. The van der Waals surface area contributed by atoms with Crippen LogP contribution in [-0.2, 0) is 11.2 Å². The van der Waals surface area contributed by atoms with Gasteiger partial charge in [-0.05, 0) is 17.7 Å². The second-order valence-electron chi connectivity index (χ2n) is 5.79. The van der Waals surface area contributed by atoms with Crippen LogP contribution in [-0.4, -0.2) is 64.9 Å². The molecule has 7 heteroatoms. The van der Waals surface area contributed by atoms with Gasteiger partial charge >= 0.3 is 0 Å². The molecule has 0 aliphatic carbocycles. The predicted octanol–water partition coefficient (Wildman–Crippen LogP) is 1.01. The summed E-state index contributed by atoms with van der Waals surface area (Å²) in [5.74, 6) is 0.650. The van der Waals surface area contributed by atoms with Crippen LogP contribution in [0.4, 0.5) is 0 Å². The number of hydrogen-bond donors (Lipinski definition) is 0. The van der Waals surface area contributed by atoms with Crippen LogP contribution in [0.25, 0.3) is 0 Å². The largest absolute Gasteiger partial charge is 0.497 e. The molecular formula is C18H20N4O3. The lowest BCUT2D eigenvalue weighted by molar-refractivity contribution is -0.131. The maximum absolute atomic E-state index is 12.5. The lowest BCUT2D eigenvalue weighted by atomic mass is 10.1. The molecule has 3 rings (SSSR count). The standard InChI is InChI=1S/C18H20N4O3/c1-25-15-4-2-3-14(11-15)12-17(23)21-7-9-22(10-8-21)18(24)16-13-19-5-6-20-16/h2-6,11,13H,7-10,12H2,1H3. The Morgan fingerprint density at radius 3 is 2.56 bits per heavy atom. The highest BCUT2D eigenvalue weighted by Gasteiger charge is 2.25. The molecule has 1 saturated heterocycles. The zero-order valence-corrected chi connectivity index (χ0v) is 14.1. The van der Waals surface area contributed by atoms with Gasteiger partial charge in [0.1, 0.15) is 11.4 Å². The highest BCUT2D eigenvalue weighted by atomic mass is 16.5. The van der Waals surface area contributed by atoms with E-state index >= 15 is 0 Å². The van der Waals surface area contributed by atoms with Crippen LogP contribution >= 0.6 is 0 Å². The van der Waals surface area contributed by atoms with Gasteiger partial charge in [0.2, 0.25) is 5.91 Å². The molecule has 2 amide bonds. The van der Waals surface area contributed by atoms with E-state index < -0.39 is 0 Å². The molecule has 0 saturated carbocycles. The molecule has 1 aliphatic heterocycles. The van der Waals surface area contributed by atoms with Crippen molar-refractivity contribution in [3.8, 4) is 5.75 Å². The Morgan fingerprint density at radius 1 is 1.12 bits per heavy atom. The Balaban J connectivity index is 1.55. The fourth-order valence-electron chi connectivity index (χ4n) is 2.80. The van der Waals surface area contributed by atoms with Crippen molar-refractivity contribution in [2.45, 2.75) is 6.42 Å². The first kappa shape index (κ1) is 16.9. The van der Waals surface area contributed by atoms with Crippen molar-refractivity contribution in [2.24, 2.45) is 0 Å². The van der Waals surface area contributed by atoms with Gasteiger partial charge in [0.05, 0.1) is 19.7 Å². The predicted molar refractivity (Wildman–Crippen MR) is 91.2 cm³/mol. The minimum absolute atomic E-state index is 0.0554. The first-order chi connectivity index (χ1) is 12.2. The molecule has 1 fully saturated rings. The third kappa shape index (κ3) is 4.12. The van der Waals surface area contributed by atoms with Gasteiger partial charge in [0.15, 0.2) is 0 Å². The lowest BCUT2D eigenvalue weighted by Crippen LogP contribution is -2.51. The summed E-state index contributed by atoms with van der Waals surface area (Å²) in [5.41, 5.74) is 1.25. The topological polar surface area (TPSA) is 75.6 Å². The summed E-state index contributed by atoms with van der Waals surface area (Å²) in [4.78, 5) is 36.3. The maximum Gasteiger partial charge on any atom is 0.274 e. The van der Waals surface area contributed by atoms with Crippen LogP contribution in [0.2, 0.25) is 0 Å². The van der Waals surface area contributed by atoms with Crippen molar-refractivity contribution in [3.05, 3.63) is 54.1 Å². The van der Waals surface area contributed by atoms with E-state index in [1.807, 2.05) is 24.3 Å². The molecule has 1 aromatic heterocycles. The van der Waals surface area contributed by atoms with E-state index in [1.165, 1.54) is 18.6 Å². The molecule has 1 aliphatic rings. The van der Waals surface area contributed by atoms with Crippen LogP contribution in [0.1, 0.15) is 16.1 Å². The molecule has 2 heterocycles. The van der Waals surface area contributed by atoms with Crippen LogP contribution in [0, 0.1) is 0 Å². The van der Waals surface area contributed by atoms with E-state index in [2.05, 4.69) is 9.97 Å². The van der Waals surface area contributed by atoms with Gasteiger partial charge in [-0.15, -0.1) is 0 Å². The number of carbonyl (C=O) groups is 2. The molecule has 0 atom stereocenters. The highest BCUT2D eigenvalue weighted by molar-refractivity contribution is 5.92. The highest BCUT2D eigenvalue weighted by Crippen LogP contribution is 2.14. The molecule has 0 bridgehead atoms. The monoisotopic (exact) mass is 340 g/mol. The summed E-state index contributed by atoms with van der Waals surface area (Å²) in [7, 11) is 1.61. The molecule has 130 valence electrons. The Bertz CT molecular complexity index is 743. The molecule has 25 heavy (non-hydrogen) atoms. The second kappa shape index (κ2) is 7.74. The Kier molecular flexibility index (Phi) is 5.23. The Labute approximate surface area is 146 Å². The number of rotatable bonds is 4. The van der Waals surface area contributed by atoms with Crippen LogP contribution in [0.3, 0.4) is 0 Å². The first-order valence-corrected chi connectivity index (χ1v) is 8.13. The summed E-state index contributed by atoms with van der Waals surface area (Å²) < 4.78 is 5.18. The van der Waals surface area contributed by atoms with E-state index in [0.29, 0.717) is 38.3 Å². The van der Waals surface area contributed by atoms with Crippen molar-refractivity contribution in [3.63, 3.8) is 0 Å². The van der Waals surface area contributed by atoms with Crippen LogP contribution < -0.4 is 4.74 Å². The van der Waals surface area contributed by atoms with Gasteiger partial charge in [-0.2, -0.15) is 0 Å². The molecule has 1 aromatic carbocycles. The molecule has 2 aromatic rings. The fraction of sp³-hybridized carbons (Fsp3) is 0.333. The zero-order chi connectivity index (χ0) is 17.6. The number of carbonyl (C=O) groups excluding carboxylic acids is 2. The van der Waals surface area contributed by atoms with Gasteiger partial charge < -0.3 is 14.5 Å². The van der Waals surface area contributed by atoms with E-state index in [1.54, 1.807) is 16.9 Å². The summed E-state index contributed by atoms with van der Waals surface area (Å²) in [6.45, 7) is 2.04. The fourth-order valence-corrected chi connectivity index (χ4v) is 2.80. The smallest absolute Gasteiger partial charge is 0.274 e. The SMILES string of the molecule is COc1cccc(CC(=O)N2CCN(C(=O)c3cnccn3)CC2)c1. The summed E-state index contributed by atoms with van der Waals surface area (Å²) in [6, 6.07) is 7.50. The minimum atomic E-state index is -0.145. The molecule has 0 unspecified atom stereocenters. The normalized spacial score (nSPS) is 14.3. The summed E-state index contributed by atoms with van der Waals surface area (Å²) in [5, 5.41) is 0. The maximum atomic E-state index is 12.5. The zero-order valence-electron chi connectivity index (χ0n) is 14.1. The minimum Gasteiger partial charge on any atom is -0.497 e. The van der Waals surface area contributed by atoms with Gasteiger partial charge in [0.25, 0.3) is 5.91 Å². The number of hydrogen-bond acceptors (Lipinski definition) is 5. The van der Waals surface area contributed by atoms with E-state index in [4.69, 9.17) is 4.74 Å². The molecule has 0 radical (unpaired) electrons.